The third kappa shape index (κ3) is 3.86. The second kappa shape index (κ2) is 8.13. The average molecular weight is 333 g/mol. The molecule has 1 aromatic rings. The van der Waals surface area contributed by atoms with Crippen LogP contribution in [-0.4, -0.2) is 47.1 Å². The summed E-state index contributed by atoms with van der Waals surface area (Å²) in [6.07, 6.45) is 3.24. The topological polar surface area (TPSA) is 82.3 Å². The number of rotatable bonds is 7. The molecule has 2 amide bonds. The Hall–Kier alpha value is -2.11. The van der Waals surface area contributed by atoms with Crippen LogP contribution >= 0.6 is 0 Å². The second-order valence-electron chi connectivity index (χ2n) is 6.18. The number of aromatic amines is 1. The summed E-state index contributed by atoms with van der Waals surface area (Å²) in [4.78, 5) is 41.1. The van der Waals surface area contributed by atoms with E-state index in [4.69, 9.17) is 0 Å². The first-order valence-electron chi connectivity index (χ1n) is 8.80. The number of ketones is 1. The zero-order chi connectivity index (χ0) is 17.7. The number of nitrogens with zero attached hydrogens (tertiary/aromatic N) is 1. The van der Waals surface area contributed by atoms with Crippen molar-refractivity contribution in [2.75, 3.05) is 19.6 Å². The predicted octanol–water partition coefficient (Wildman–Crippen LogP) is 2.22. The molecule has 0 atom stereocenters. The van der Waals surface area contributed by atoms with Crippen LogP contribution in [0.5, 0.6) is 0 Å². The van der Waals surface area contributed by atoms with Gasteiger partial charge in [-0.15, -0.1) is 0 Å². The Labute approximate surface area is 143 Å². The normalized spacial score (nSPS) is 13.5. The quantitative estimate of drug-likeness (QED) is 0.751. The standard InChI is InChI=1S/C18H27N3O3/c1-4-21(5-2)15(23)10-7-11-19-18(24)17-12(3)16-13(20-17)8-6-9-14(16)22/h20H,4-11H2,1-3H3,(H,19,24). The molecule has 1 aromatic heterocycles. The molecule has 6 nitrogen and oxygen atoms in total. The van der Waals surface area contributed by atoms with Crippen molar-refractivity contribution in [2.24, 2.45) is 0 Å². The fourth-order valence-electron chi connectivity index (χ4n) is 3.27. The Bertz CT molecular complexity index is 630. The highest BCUT2D eigenvalue weighted by Crippen LogP contribution is 2.26. The summed E-state index contributed by atoms with van der Waals surface area (Å²) in [6, 6.07) is 0. The minimum atomic E-state index is -0.204. The van der Waals surface area contributed by atoms with Crippen LogP contribution in [0.25, 0.3) is 0 Å². The van der Waals surface area contributed by atoms with Crippen LogP contribution < -0.4 is 5.32 Å². The first-order valence-corrected chi connectivity index (χ1v) is 8.80. The van der Waals surface area contributed by atoms with Gasteiger partial charge in [0, 0.05) is 43.7 Å². The Morgan fingerprint density at radius 3 is 2.54 bits per heavy atom. The molecule has 0 bridgehead atoms. The molecule has 132 valence electrons. The van der Waals surface area contributed by atoms with Crippen molar-refractivity contribution < 1.29 is 14.4 Å². The molecule has 1 heterocycles. The molecule has 0 saturated carbocycles. The highest BCUT2D eigenvalue weighted by molar-refractivity contribution is 6.04. The maximum absolute atomic E-state index is 12.3. The third-order valence-corrected chi connectivity index (χ3v) is 4.63. The minimum absolute atomic E-state index is 0.117. The molecule has 0 radical (unpaired) electrons. The monoisotopic (exact) mass is 333 g/mol. The van der Waals surface area contributed by atoms with Gasteiger partial charge in [0.25, 0.3) is 5.91 Å². The van der Waals surface area contributed by atoms with E-state index >= 15 is 0 Å². The molecule has 0 unspecified atom stereocenters. The Balaban J connectivity index is 1.88. The summed E-state index contributed by atoms with van der Waals surface area (Å²) in [5.74, 6) is 0.0326. The SMILES string of the molecule is CCN(CC)C(=O)CCCNC(=O)c1[nH]c2c(c1C)C(=O)CCC2. The lowest BCUT2D eigenvalue weighted by atomic mass is 9.94. The zero-order valence-electron chi connectivity index (χ0n) is 14.8. The lowest BCUT2D eigenvalue weighted by molar-refractivity contribution is -0.130. The van der Waals surface area contributed by atoms with Gasteiger partial charge in [-0.2, -0.15) is 0 Å². The molecule has 1 aliphatic rings. The molecular weight excluding hydrogens is 306 g/mol. The number of aryl methyl sites for hydroxylation is 1. The highest BCUT2D eigenvalue weighted by atomic mass is 16.2. The largest absolute Gasteiger partial charge is 0.354 e. The molecule has 24 heavy (non-hydrogen) atoms. The molecule has 0 fully saturated rings. The fourth-order valence-corrected chi connectivity index (χ4v) is 3.27. The lowest BCUT2D eigenvalue weighted by Gasteiger charge is -2.18. The van der Waals surface area contributed by atoms with Crippen LogP contribution in [0.4, 0.5) is 0 Å². The van der Waals surface area contributed by atoms with Gasteiger partial charge in [-0.05, 0) is 45.6 Å². The molecule has 1 aliphatic carbocycles. The Morgan fingerprint density at radius 1 is 1.21 bits per heavy atom. The molecule has 0 aromatic carbocycles. The number of aromatic nitrogens is 1. The zero-order valence-corrected chi connectivity index (χ0v) is 14.8. The van der Waals surface area contributed by atoms with Gasteiger partial charge < -0.3 is 15.2 Å². The van der Waals surface area contributed by atoms with Crippen molar-refractivity contribution in [1.29, 1.82) is 0 Å². The van der Waals surface area contributed by atoms with Crippen LogP contribution in [0.1, 0.15) is 71.6 Å². The summed E-state index contributed by atoms with van der Waals surface area (Å²) in [7, 11) is 0. The van der Waals surface area contributed by atoms with E-state index in [1.165, 1.54) is 0 Å². The Morgan fingerprint density at radius 2 is 1.92 bits per heavy atom. The highest BCUT2D eigenvalue weighted by Gasteiger charge is 2.26. The van der Waals surface area contributed by atoms with Gasteiger partial charge in [-0.1, -0.05) is 0 Å². The number of Topliss-reactive ketones (excluding diaryl/α,β-unsaturated/α-hetero) is 1. The van der Waals surface area contributed by atoms with Crippen LogP contribution in [0.15, 0.2) is 0 Å². The summed E-state index contributed by atoms with van der Waals surface area (Å²) in [6.45, 7) is 7.60. The average Bonchev–Trinajstić information content (AvgIpc) is 2.91. The summed E-state index contributed by atoms with van der Waals surface area (Å²) >= 11 is 0. The van der Waals surface area contributed by atoms with Gasteiger partial charge in [0.05, 0.1) is 0 Å². The molecular formula is C18H27N3O3. The van der Waals surface area contributed by atoms with Crippen molar-refractivity contribution in [3.8, 4) is 0 Å². The minimum Gasteiger partial charge on any atom is -0.354 e. The van der Waals surface area contributed by atoms with Crippen LogP contribution in [0.3, 0.4) is 0 Å². The van der Waals surface area contributed by atoms with Gasteiger partial charge in [-0.3, -0.25) is 14.4 Å². The third-order valence-electron chi connectivity index (χ3n) is 4.63. The van der Waals surface area contributed by atoms with E-state index in [0.717, 1.165) is 24.1 Å². The van der Waals surface area contributed by atoms with Gasteiger partial charge in [0.1, 0.15) is 5.69 Å². The van der Waals surface area contributed by atoms with Gasteiger partial charge in [-0.25, -0.2) is 0 Å². The number of amides is 2. The summed E-state index contributed by atoms with van der Waals surface area (Å²) in [5.41, 5.74) is 2.80. The second-order valence-corrected chi connectivity index (χ2v) is 6.18. The number of carbonyl (C=O) groups is 3. The number of hydrogen-bond acceptors (Lipinski definition) is 3. The number of hydrogen-bond donors (Lipinski definition) is 2. The van der Waals surface area contributed by atoms with E-state index in [2.05, 4.69) is 10.3 Å². The molecule has 2 rings (SSSR count). The maximum atomic E-state index is 12.3. The van der Waals surface area contributed by atoms with Crippen molar-refractivity contribution in [3.63, 3.8) is 0 Å². The molecule has 0 saturated heterocycles. The fraction of sp³-hybridized carbons (Fsp3) is 0.611. The van der Waals surface area contributed by atoms with E-state index < -0.39 is 0 Å². The number of fused-ring (bicyclic) bond motifs is 1. The van der Waals surface area contributed by atoms with E-state index in [0.29, 0.717) is 50.2 Å². The van der Waals surface area contributed by atoms with E-state index in [1.54, 1.807) is 4.90 Å². The smallest absolute Gasteiger partial charge is 0.268 e. The van der Waals surface area contributed by atoms with Crippen molar-refractivity contribution in [3.05, 3.63) is 22.5 Å². The molecule has 2 N–H and O–H groups in total. The predicted molar refractivity (Wildman–Crippen MR) is 92.3 cm³/mol. The van der Waals surface area contributed by atoms with Crippen LogP contribution in [0.2, 0.25) is 0 Å². The number of nitrogens with one attached hydrogen (secondary N) is 2. The molecule has 0 spiro atoms. The molecule has 6 heteroatoms. The lowest BCUT2D eigenvalue weighted by Crippen LogP contribution is -2.31. The number of H-pyrrole nitrogens is 1. The van der Waals surface area contributed by atoms with E-state index in [-0.39, 0.29) is 17.6 Å². The maximum Gasteiger partial charge on any atom is 0.268 e. The first-order chi connectivity index (χ1) is 11.5. The van der Waals surface area contributed by atoms with E-state index in [1.807, 2.05) is 20.8 Å². The number of carbonyl (C=O) groups excluding carboxylic acids is 3. The first kappa shape index (κ1) is 18.2. The van der Waals surface area contributed by atoms with Crippen molar-refractivity contribution in [1.82, 2.24) is 15.2 Å². The van der Waals surface area contributed by atoms with Crippen molar-refractivity contribution in [2.45, 2.75) is 52.9 Å². The van der Waals surface area contributed by atoms with Gasteiger partial charge in [0.15, 0.2) is 5.78 Å². The van der Waals surface area contributed by atoms with Gasteiger partial charge in [0.2, 0.25) is 5.91 Å². The Kier molecular flexibility index (Phi) is 6.17. The molecule has 0 aliphatic heterocycles. The van der Waals surface area contributed by atoms with E-state index in [9.17, 15) is 14.4 Å². The van der Waals surface area contributed by atoms with Gasteiger partial charge >= 0.3 is 0 Å². The van der Waals surface area contributed by atoms with Crippen LogP contribution in [-0.2, 0) is 11.2 Å². The van der Waals surface area contributed by atoms with Crippen LogP contribution in [0, 0.1) is 6.92 Å². The summed E-state index contributed by atoms with van der Waals surface area (Å²) in [5, 5.41) is 2.84. The van der Waals surface area contributed by atoms with Crippen molar-refractivity contribution >= 4 is 17.6 Å². The summed E-state index contributed by atoms with van der Waals surface area (Å²) < 4.78 is 0.